The molecule has 1 aromatic carbocycles. The van der Waals surface area contributed by atoms with Gasteiger partial charge in [-0.15, -0.1) is 0 Å². The normalized spacial score (nSPS) is 13.4. The second-order valence-electron chi connectivity index (χ2n) is 3.38. The summed E-state index contributed by atoms with van der Waals surface area (Å²) in [4.78, 5) is 0. The van der Waals surface area contributed by atoms with Crippen molar-refractivity contribution in [3.63, 3.8) is 0 Å². The van der Waals surface area contributed by atoms with Gasteiger partial charge in [0.05, 0.1) is 24.4 Å². The molecule has 1 atom stereocenters. The van der Waals surface area contributed by atoms with Gasteiger partial charge in [-0.1, -0.05) is 6.07 Å². The van der Waals surface area contributed by atoms with Crippen LogP contribution in [0.15, 0.2) is 24.4 Å². The molecule has 1 aromatic heterocycles. The van der Waals surface area contributed by atoms with Gasteiger partial charge in [0, 0.05) is 8.96 Å². The maximum absolute atomic E-state index is 9.29. The standard InChI is InChI=1S/C10H11IN2O/c1-7(14)6-13-10-4-9(11)3-2-8(10)5-12-13/h2-5,7,14H,6H2,1H3. The lowest BCUT2D eigenvalue weighted by Gasteiger charge is -2.05. The fraction of sp³-hybridized carbons (Fsp3) is 0.300. The first-order valence-electron chi connectivity index (χ1n) is 4.46. The molecule has 0 spiro atoms. The van der Waals surface area contributed by atoms with Gasteiger partial charge in [0.15, 0.2) is 0 Å². The summed E-state index contributed by atoms with van der Waals surface area (Å²) in [5.41, 5.74) is 1.08. The molecule has 0 aliphatic heterocycles. The highest BCUT2D eigenvalue weighted by atomic mass is 127. The van der Waals surface area contributed by atoms with E-state index in [0.717, 1.165) is 10.9 Å². The smallest absolute Gasteiger partial charge is 0.0708 e. The quantitative estimate of drug-likeness (QED) is 0.862. The van der Waals surface area contributed by atoms with Gasteiger partial charge in [-0.3, -0.25) is 4.68 Å². The number of aromatic nitrogens is 2. The maximum Gasteiger partial charge on any atom is 0.0708 e. The van der Waals surface area contributed by atoms with Gasteiger partial charge in [0.1, 0.15) is 0 Å². The van der Waals surface area contributed by atoms with Crippen molar-refractivity contribution in [1.82, 2.24) is 9.78 Å². The van der Waals surface area contributed by atoms with Crippen LogP contribution in [0.25, 0.3) is 10.9 Å². The Morgan fingerprint density at radius 2 is 2.36 bits per heavy atom. The Kier molecular flexibility index (Phi) is 2.73. The second-order valence-corrected chi connectivity index (χ2v) is 4.62. The summed E-state index contributed by atoms with van der Waals surface area (Å²) in [5, 5.41) is 14.6. The molecule has 3 nitrogen and oxygen atoms in total. The molecule has 1 unspecified atom stereocenters. The Labute approximate surface area is 95.9 Å². The Morgan fingerprint density at radius 1 is 1.57 bits per heavy atom. The highest BCUT2D eigenvalue weighted by molar-refractivity contribution is 14.1. The summed E-state index contributed by atoms with van der Waals surface area (Å²) in [6.45, 7) is 2.31. The number of rotatable bonds is 2. The summed E-state index contributed by atoms with van der Waals surface area (Å²) in [7, 11) is 0. The van der Waals surface area contributed by atoms with Crippen LogP contribution in [0.3, 0.4) is 0 Å². The number of fused-ring (bicyclic) bond motifs is 1. The average molecular weight is 302 g/mol. The van der Waals surface area contributed by atoms with Crippen LogP contribution in [0.5, 0.6) is 0 Å². The first kappa shape index (κ1) is 9.92. The summed E-state index contributed by atoms with van der Waals surface area (Å²) in [5.74, 6) is 0. The minimum Gasteiger partial charge on any atom is -0.391 e. The van der Waals surface area contributed by atoms with E-state index in [-0.39, 0.29) is 6.10 Å². The van der Waals surface area contributed by atoms with Crippen molar-refractivity contribution in [2.75, 3.05) is 0 Å². The number of halogens is 1. The minimum atomic E-state index is -0.365. The number of hydrogen-bond acceptors (Lipinski definition) is 2. The Balaban J connectivity index is 2.50. The van der Waals surface area contributed by atoms with Crippen molar-refractivity contribution >= 4 is 33.5 Å². The number of nitrogens with zero attached hydrogens (tertiary/aromatic N) is 2. The van der Waals surface area contributed by atoms with Gasteiger partial charge in [-0.25, -0.2) is 0 Å². The van der Waals surface area contributed by atoms with E-state index in [0.29, 0.717) is 6.54 Å². The van der Waals surface area contributed by atoms with Crippen LogP contribution in [-0.2, 0) is 6.54 Å². The summed E-state index contributed by atoms with van der Waals surface area (Å²) < 4.78 is 3.02. The molecule has 74 valence electrons. The predicted octanol–water partition coefficient (Wildman–Crippen LogP) is 2.02. The topological polar surface area (TPSA) is 38.0 Å². The number of benzene rings is 1. The Morgan fingerprint density at radius 3 is 3.07 bits per heavy atom. The lowest BCUT2D eigenvalue weighted by atomic mass is 10.2. The zero-order valence-corrected chi connectivity index (χ0v) is 9.97. The summed E-state index contributed by atoms with van der Waals surface area (Å²) >= 11 is 2.27. The first-order chi connectivity index (χ1) is 6.66. The molecule has 0 saturated heterocycles. The molecule has 2 rings (SSSR count). The van der Waals surface area contributed by atoms with E-state index < -0.39 is 0 Å². The number of hydrogen-bond donors (Lipinski definition) is 1. The lowest BCUT2D eigenvalue weighted by Crippen LogP contribution is -2.12. The number of aliphatic hydroxyl groups is 1. The third kappa shape index (κ3) is 1.90. The largest absolute Gasteiger partial charge is 0.391 e. The number of aliphatic hydroxyl groups excluding tert-OH is 1. The van der Waals surface area contributed by atoms with Crippen LogP contribution in [0.4, 0.5) is 0 Å². The molecule has 4 heteroatoms. The van der Waals surface area contributed by atoms with Crippen molar-refractivity contribution in [1.29, 1.82) is 0 Å². The highest BCUT2D eigenvalue weighted by Crippen LogP contribution is 2.17. The predicted molar refractivity (Wildman–Crippen MR) is 64.1 cm³/mol. The molecule has 1 heterocycles. The molecule has 14 heavy (non-hydrogen) atoms. The molecule has 0 bridgehead atoms. The van der Waals surface area contributed by atoms with Gasteiger partial charge in [-0.2, -0.15) is 5.10 Å². The van der Waals surface area contributed by atoms with Gasteiger partial charge < -0.3 is 5.11 Å². The molecule has 0 aliphatic rings. The molecule has 1 N–H and O–H groups in total. The monoisotopic (exact) mass is 302 g/mol. The van der Waals surface area contributed by atoms with E-state index in [1.165, 1.54) is 3.57 Å². The van der Waals surface area contributed by atoms with Crippen molar-refractivity contribution in [3.05, 3.63) is 28.0 Å². The molecule has 0 fully saturated rings. The van der Waals surface area contributed by atoms with Crippen molar-refractivity contribution in [3.8, 4) is 0 Å². The third-order valence-corrected chi connectivity index (χ3v) is 2.71. The fourth-order valence-electron chi connectivity index (χ4n) is 1.44. The molecular formula is C10H11IN2O. The molecule has 0 amide bonds. The molecular weight excluding hydrogens is 291 g/mol. The zero-order chi connectivity index (χ0) is 10.1. The van der Waals surface area contributed by atoms with Crippen LogP contribution < -0.4 is 0 Å². The van der Waals surface area contributed by atoms with Gasteiger partial charge >= 0.3 is 0 Å². The Bertz CT molecular complexity index is 450. The van der Waals surface area contributed by atoms with E-state index in [2.05, 4.69) is 39.8 Å². The third-order valence-electron chi connectivity index (χ3n) is 2.04. The van der Waals surface area contributed by atoms with Crippen molar-refractivity contribution < 1.29 is 5.11 Å². The van der Waals surface area contributed by atoms with Crippen molar-refractivity contribution in [2.45, 2.75) is 19.6 Å². The van der Waals surface area contributed by atoms with Crippen LogP contribution >= 0.6 is 22.6 Å². The molecule has 0 aliphatic carbocycles. The SMILES string of the molecule is CC(O)Cn1ncc2ccc(I)cc21. The minimum absolute atomic E-state index is 0.365. The second kappa shape index (κ2) is 3.86. The van der Waals surface area contributed by atoms with Gasteiger partial charge in [0.25, 0.3) is 0 Å². The van der Waals surface area contributed by atoms with Crippen molar-refractivity contribution in [2.24, 2.45) is 0 Å². The lowest BCUT2D eigenvalue weighted by molar-refractivity contribution is 0.170. The fourth-order valence-corrected chi connectivity index (χ4v) is 1.91. The van der Waals surface area contributed by atoms with Crippen LogP contribution in [0.2, 0.25) is 0 Å². The Hall–Kier alpha value is -0.620. The maximum atomic E-state index is 9.29. The summed E-state index contributed by atoms with van der Waals surface area (Å²) in [6, 6.07) is 6.17. The van der Waals surface area contributed by atoms with E-state index in [1.54, 1.807) is 6.92 Å². The average Bonchev–Trinajstić information content (AvgIpc) is 2.47. The zero-order valence-electron chi connectivity index (χ0n) is 7.81. The molecule has 0 radical (unpaired) electrons. The van der Waals surface area contributed by atoms with E-state index >= 15 is 0 Å². The summed E-state index contributed by atoms with van der Waals surface area (Å²) in [6.07, 6.45) is 1.46. The highest BCUT2D eigenvalue weighted by Gasteiger charge is 2.04. The van der Waals surface area contributed by atoms with Crippen LogP contribution in [0, 0.1) is 3.57 Å². The van der Waals surface area contributed by atoms with Crippen LogP contribution in [-0.4, -0.2) is 21.0 Å². The van der Waals surface area contributed by atoms with E-state index in [1.807, 2.05) is 16.9 Å². The van der Waals surface area contributed by atoms with Gasteiger partial charge in [-0.05, 0) is 41.6 Å². The van der Waals surface area contributed by atoms with Gasteiger partial charge in [0.2, 0.25) is 0 Å². The first-order valence-corrected chi connectivity index (χ1v) is 5.54. The van der Waals surface area contributed by atoms with E-state index in [4.69, 9.17) is 0 Å². The molecule has 2 aromatic rings. The van der Waals surface area contributed by atoms with E-state index in [9.17, 15) is 5.11 Å². The molecule has 0 saturated carbocycles. The van der Waals surface area contributed by atoms with Crippen LogP contribution in [0.1, 0.15) is 6.92 Å².